The zero-order valence-electron chi connectivity index (χ0n) is 17.5. The molecule has 1 aromatic carbocycles. The van der Waals surface area contributed by atoms with E-state index < -0.39 is 0 Å². The molecule has 2 saturated heterocycles. The summed E-state index contributed by atoms with van der Waals surface area (Å²) in [6, 6.07) is 9.87. The maximum Gasteiger partial charge on any atom is 0.234 e. The van der Waals surface area contributed by atoms with Gasteiger partial charge in [0.15, 0.2) is 0 Å². The van der Waals surface area contributed by atoms with Gasteiger partial charge in [-0.25, -0.2) is 4.39 Å². The smallest absolute Gasteiger partial charge is 0.234 e. The Morgan fingerprint density at radius 3 is 2.45 bits per heavy atom. The minimum atomic E-state index is -0.298. The van der Waals surface area contributed by atoms with Crippen molar-refractivity contribution < 1.29 is 18.7 Å². The van der Waals surface area contributed by atoms with Crippen LogP contribution in [0.5, 0.6) is 0 Å². The van der Waals surface area contributed by atoms with Crippen LogP contribution in [0.3, 0.4) is 0 Å². The number of amides is 2. The molecule has 2 fully saturated rings. The van der Waals surface area contributed by atoms with Gasteiger partial charge in [0.25, 0.3) is 0 Å². The zero-order chi connectivity index (χ0) is 21.6. The van der Waals surface area contributed by atoms with Crippen LogP contribution in [-0.2, 0) is 14.3 Å². The summed E-state index contributed by atoms with van der Waals surface area (Å²) in [6.07, 6.45) is 1.55. The Hall–Kier alpha value is -2.29. The summed E-state index contributed by atoms with van der Waals surface area (Å²) in [5, 5.41) is 5.07. The second-order valence-corrected chi connectivity index (χ2v) is 9.03. The highest BCUT2D eigenvalue weighted by Crippen LogP contribution is 2.26. The normalized spacial score (nSPS) is 19.2. The summed E-state index contributed by atoms with van der Waals surface area (Å²) >= 11 is 1.56. The maximum atomic E-state index is 13.3. The summed E-state index contributed by atoms with van der Waals surface area (Å²) in [5.41, 5.74) is 0.854. The number of benzene rings is 1. The SMILES string of the molecule is O=C(CN1CCC(C(=O)N2CCOCC2)CC1)NC(c1ccc(F)cc1)c1cccs1. The highest BCUT2D eigenvalue weighted by Gasteiger charge is 2.30. The Labute approximate surface area is 186 Å². The van der Waals surface area contributed by atoms with Gasteiger partial charge in [0, 0.05) is 23.9 Å². The monoisotopic (exact) mass is 445 g/mol. The van der Waals surface area contributed by atoms with Gasteiger partial charge in [-0.15, -0.1) is 11.3 Å². The number of hydrogen-bond donors (Lipinski definition) is 1. The van der Waals surface area contributed by atoms with Crippen molar-refractivity contribution >= 4 is 23.2 Å². The van der Waals surface area contributed by atoms with Crippen molar-refractivity contribution in [3.8, 4) is 0 Å². The van der Waals surface area contributed by atoms with Gasteiger partial charge in [-0.3, -0.25) is 14.5 Å². The van der Waals surface area contributed by atoms with Crippen LogP contribution in [0.4, 0.5) is 4.39 Å². The molecule has 0 radical (unpaired) electrons. The van der Waals surface area contributed by atoms with Gasteiger partial charge < -0.3 is 15.0 Å². The van der Waals surface area contributed by atoms with Crippen LogP contribution in [-0.4, -0.2) is 67.6 Å². The molecule has 3 heterocycles. The molecule has 0 saturated carbocycles. The molecule has 166 valence electrons. The van der Waals surface area contributed by atoms with Crippen molar-refractivity contribution in [2.24, 2.45) is 5.92 Å². The summed E-state index contributed by atoms with van der Waals surface area (Å²) in [6.45, 7) is 4.34. The number of likely N-dealkylation sites (tertiary alicyclic amines) is 1. The molecule has 4 rings (SSSR count). The molecule has 2 aromatic rings. The number of nitrogens with one attached hydrogen (secondary N) is 1. The van der Waals surface area contributed by atoms with Crippen molar-refractivity contribution in [3.05, 3.63) is 58.0 Å². The minimum absolute atomic E-state index is 0.0375. The molecule has 1 atom stereocenters. The molecule has 1 aromatic heterocycles. The minimum Gasteiger partial charge on any atom is -0.378 e. The summed E-state index contributed by atoms with van der Waals surface area (Å²) in [4.78, 5) is 30.5. The molecule has 6 nitrogen and oxygen atoms in total. The van der Waals surface area contributed by atoms with E-state index in [1.165, 1.54) is 12.1 Å². The summed E-state index contributed by atoms with van der Waals surface area (Å²) in [7, 11) is 0. The Balaban J connectivity index is 1.30. The molecule has 1 unspecified atom stereocenters. The number of thiophene rings is 1. The molecular weight excluding hydrogens is 417 g/mol. The van der Waals surface area contributed by atoms with E-state index in [0.717, 1.165) is 36.4 Å². The number of halogens is 1. The first-order valence-electron chi connectivity index (χ1n) is 10.8. The van der Waals surface area contributed by atoms with Gasteiger partial charge in [0.05, 0.1) is 25.8 Å². The van der Waals surface area contributed by atoms with Crippen molar-refractivity contribution in [2.75, 3.05) is 45.9 Å². The summed E-state index contributed by atoms with van der Waals surface area (Å²) < 4.78 is 18.7. The lowest BCUT2D eigenvalue weighted by atomic mass is 9.95. The van der Waals surface area contributed by atoms with E-state index in [-0.39, 0.29) is 29.6 Å². The molecule has 31 heavy (non-hydrogen) atoms. The molecular formula is C23H28FN3O3S. The van der Waals surface area contributed by atoms with Gasteiger partial charge in [0.2, 0.25) is 11.8 Å². The van der Waals surface area contributed by atoms with Crippen LogP contribution in [0.1, 0.15) is 29.3 Å². The van der Waals surface area contributed by atoms with Crippen LogP contribution < -0.4 is 5.32 Å². The van der Waals surface area contributed by atoms with E-state index in [9.17, 15) is 14.0 Å². The van der Waals surface area contributed by atoms with Gasteiger partial charge >= 0.3 is 0 Å². The number of ether oxygens (including phenoxy) is 1. The fourth-order valence-corrected chi connectivity index (χ4v) is 5.02. The average Bonchev–Trinajstić information content (AvgIpc) is 3.33. The van der Waals surface area contributed by atoms with E-state index in [0.29, 0.717) is 32.8 Å². The second kappa shape index (κ2) is 10.3. The number of hydrogen-bond acceptors (Lipinski definition) is 5. The largest absolute Gasteiger partial charge is 0.378 e. The third kappa shape index (κ3) is 5.70. The van der Waals surface area contributed by atoms with Gasteiger partial charge in [-0.05, 0) is 55.1 Å². The quantitative estimate of drug-likeness (QED) is 0.743. The van der Waals surface area contributed by atoms with Crippen molar-refractivity contribution in [1.82, 2.24) is 15.1 Å². The highest BCUT2D eigenvalue weighted by atomic mass is 32.1. The van der Waals surface area contributed by atoms with Crippen LogP contribution in [0.25, 0.3) is 0 Å². The van der Waals surface area contributed by atoms with Crippen molar-refractivity contribution in [3.63, 3.8) is 0 Å². The Bertz CT molecular complexity index is 861. The van der Waals surface area contributed by atoms with Crippen LogP contribution in [0.15, 0.2) is 41.8 Å². The van der Waals surface area contributed by atoms with Gasteiger partial charge in [-0.1, -0.05) is 18.2 Å². The topological polar surface area (TPSA) is 61.9 Å². The number of carbonyl (C=O) groups is 2. The molecule has 0 aliphatic carbocycles. The van der Waals surface area contributed by atoms with Gasteiger partial charge in [0.1, 0.15) is 5.82 Å². The predicted molar refractivity (Wildman–Crippen MR) is 117 cm³/mol. The Morgan fingerprint density at radius 2 is 1.81 bits per heavy atom. The first-order valence-corrected chi connectivity index (χ1v) is 11.7. The number of piperidine rings is 1. The maximum absolute atomic E-state index is 13.3. The molecule has 1 N–H and O–H groups in total. The predicted octanol–water partition coefficient (Wildman–Crippen LogP) is 2.66. The highest BCUT2D eigenvalue weighted by molar-refractivity contribution is 7.10. The fourth-order valence-electron chi connectivity index (χ4n) is 4.22. The van der Waals surface area contributed by atoms with E-state index in [1.807, 2.05) is 22.4 Å². The number of morpholine rings is 1. The zero-order valence-corrected chi connectivity index (χ0v) is 18.3. The Kier molecular flexibility index (Phi) is 7.32. The van der Waals surface area contributed by atoms with E-state index in [4.69, 9.17) is 4.74 Å². The molecule has 8 heteroatoms. The molecule has 2 aliphatic rings. The van der Waals surface area contributed by atoms with Crippen LogP contribution in [0, 0.1) is 11.7 Å². The molecule has 0 spiro atoms. The van der Waals surface area contributed by atoms with E-state index in [1.54, 1.807) is 23.5 Å². The second-order valence-electron chi connectivity index (χ2n) is 8.06. The summed E-state index contributed by atoms with van der Waals surface area (Å²) in [5.74, 6) is -0.104. The van der Waals surface area contributed by atoms with E-state index in [2.05, 4.69) is 10.2 Å². The lowest BCUT2D eigenvalue weighted by Crippen LogP contribution is -2.48. The van der Waals surface area contributed by atoms with Crippen LogP contribution in [0.2, 0.25) is 0 Å². The lowest BCUT2D eigenvalue weighted by molar-refractivity contribution is -0.141. The molecule has 2 aliphatic heterocycles. The Morgan fingerprint density at radius 1 is 1.10 bits per heavy atom. The molecule has 0 bridgehead atoms. The number of nitrogens with zero attached hydrogens (tertiary/aromatic N) is 2. The van der Waals surface area contributed by atoms with Crippen LogP contribution >= 0.6 is 11.3 Å². The van der Waals surface area contributed by atoms with Crippen molar-refractivity contribution in [1.29, 1.82) is 0 Å². The standard InChI is InChI=1S/C23H28FN3O3S/c24-19-5-3-17(4-6-19)22(20-2-1-15-31-20)25-21(28)16-26-9-7-18(8-10-26)23(29)27-11-13-30-14-12-27/h1-6,15,18,22H,7-14,16H2,(H,25,28). The number of carbonyl (C=O) groups excluding carboxylic acids is 2. The first kappa shape index (κ1) is 21.9. The van der Waals surface area contributed by atoms with Gasteiger partial charge in [-0.2, -0.15) is 0 Å². The van der Waals surface area contributed by atoms with Crippen molar-refractivity contribution in [2.45, 2.75) is 18.9 Å². The lowest BCUT2D eigenvalue weighted by Gasteiger charge is -2.35. The first-order chi connectivity index (χ1) is 15.1. The van der Waals surface area contributed by atoms with E-state index >= 15 is 0 Å². The fraction of sp³-hybridized carbons (Fsp3) is 0.478. The molecule has 2 amide bonds. The number of rotatable bonds is 6. The third-order valence-electron chi connectivity index (χ3n) is 5.96. The third-order valence-corrected chi connectivity index (χ3v) is 6.90. The average molecular weight is 446 g/mol.